The molecular weight excluding hydrogens is 186 g/mol. The highest BCUT2D eigenvalue weighted by molar-refractivity contribution is 6.92. The van der Waals surface area contributed by atoms with Gasteiger partial charge in [0, 0.05) is 6.54 Å². The van der Waals surface area contributed by atoms with Crippen LogP contribution in [0.5, 0.6) is 0 Å². The first-order valence-corrected chi connectivity index (χ1v) is 5.75. The summed E-state index contributed by atoms with van der Waals surface area (Å²) in [4.78, 5) is 3.02. The van der Waals surface area contributed by atoms with Crippen LogP contribution in [0.4, 0.5) is 0 Å². The first-order chi connectivity index (χ1) is 5.93. The fourth-order valence-corrected chi connectivity index (χ4v) is 1.28. The standard InChI is InChI=1S/C9H10ClNSi/c10-12-11-8-4-7-9-5-2-1-3-6-9/h1-7,11H,8H2. The molecule has 0 spiro atoms. The third-order valence-electron chi connectivity index (χ3n) is 1.40. The van der Waals surface area contributed by atoms with E-state index in [-0.39, 0.29) is 0 Å². The molecule has 0 atom stereocenters. The zero-order valence-electron chi connectivity index (χ0n) is 6.63. The van der Waals surface area contributed by atoms with Crippen molar-refractivity contribution in [1.82, 2.24) is 4.98 Å². The van der Waals surface area contributed by atoms with Gasteiger partial charge in [-0.05, 0) is 5.56 Å². The molecule has 62 valence electrons. The molecule has 12 heavy (non-hydrogen) atoms. The summed E-state index contributed by atoms with van der Waals surface area (Å²) in [6.45, 7) is 0.830. The average molecular weight is 196 g/mol. The van der Waals surface area contributed by atoms with Crippen LogP contribution >= 0.6 is 11.1 Å². The van der Waals surface area contributed by atoms with Crippen LogP contribution in [0.1, 0.15) is 5.56 Å². The summed E-state index contributed by atoms with van der Waals surface area (Å²) < 4.78 is 0. The summed E-state index contributed by atoms with van der Waals surface area (Å²) in [5.41, 5.74) is 1.22. The van der Waals surface area contributed by atoms with Crippen LogP contribution in [0.15, 0.2) is 36.4 Å². The number of hydrogen-bond donors (Lipinski definition) is 1. The van der Waals surface area contributed by atoms with Crippen LogP contribution in [0.2, 0.25) is 0 Å². The maximum absolute atomic E-state index is 5.47. The summed E-state index contributed by atoms with van der Waals surface area (Å²) in [6.07, 6.45) is 4.13. The van der Waals surface area contributed by atoms with E-state index in [0.717, 1.165) is 6.54 Å². The molecule has 1 rings (SSSR count). The predicted molar refractivity (Wildman–Crippen MR) is 55.1 cm³/mol. The SMILES string of the molecule is Cl[Si]NCC=Cc1ccccc1. The minimum absolute atomic E-state index is 0.296. The highest BCUT2D eigenvalue weighted by Crippen LogP contribution is 1.99. The molecule has 0 heterocycles. The number of benzene rings is 1. The third-order valence-corrected chi connectivity index (χ3v) is 2.14. The van der Waals surface area contributed by atoms with E-state index in [4.69, 9.17) is 11.1 Å². The van der Waals surface area contributed by atoms with Crippen LogP contribution in [0.3, 0.4) is 0 Å². The maximum atomic E-state index is 5.47. The molecule has 1 nitrogen and oxygen atoms in total. The van der Waals surface area contributed by atoms with Gasteiger partial charge in [-0.2, -0.15) is 0 Å². The van der Waals surface area contributed by atoms with E-state index in [2.05, 4.69) is 29.3 Å². The average Bonchev–Trinajstić information content (AvgIpc) is 2.14. The summed E-state index contributed by atoms with van der Waals surface area (Å²) in [5.74, 6) is 0. The quantitative estimate of drug-likeness (QED) is 0.441. The molecule has 0 aliphatic rings. The van der Waals surface area contributed by atoms with Gasteiger partial charge in [0.15, 0.2) is 0 Å². The summed E-state index contributed by atoms with van der Waals surface area (Å²) in [6, 6.07) is 10.2. The molecule has 0 aromatic heterocycles. The van der Waals surface area contributed by atoms with E-state index >= 15 is 0 Å². The van der Waals surface area contributed by atoms with E-state index in [1.54, 1.807) is 0 Å². The van der Waals surface area contributed by atoms with Crippen molar-refractivity contribution in [2.45, 2.75) is 0 Å². The van der Waals surface area contributed by atoms with Gasteiger partial charge in [0.25, 0.3) is 8.99 Å². The summed E-state index contributed by atoms with van der Waals surface area (Å²) >= 11 is 5.47. The molecule has 0 fully saturated rings. The number of rotatable bonds is 4. The zero-order valence-corrected chi connectivity index (χ0v) is 8.38. The van der Waals surface area contributed by atoms with Crippen molar-refractivity contribution in [2.24, 2.45) is 0 Å². The van der Waals surface area contributed by atoms with Crippen molar-refractivity contribution in [2.75, 3.05) is 6.54 Å². The second-order valence-corrected chi connectivity index (χ2v) is 3.40. The van der Waals surface area contributed by atoms with E-state index in [0.29, 0.717) is 8.99 Å². The highest BCUT2D eigenvalue weighted by Gasteiger charge is 1.82. The van der Waals surface area contributed by atoms with Crippen LogP contribution in [0.25, 0.3) is 6.08 Å². The molecule has 0 aliphatic heterocycles. The molecule has 1 aromatic carbocycles. The highest BCUT2D eigenvalue weighted by atomic mass is 35.6. The van der Waals surface area contributed by atoms with Gasteiger partial charge in [-0.15, -0.1) is 11.1 Å². The van der Waals surface area contributed by atoms with Gasteiger partial charge >= 0.3 is 0 Å². The van der Waals surface area contributed by atoms with Crippen molar-refractivity contribution < 1.29 is 0 Å². The second-order valence-electron chi connectivity index (χ2n) is 2.29. The Bertz CT molecular complexity index is 236. The Labute approximate surface area is 80.0 Å². The van der Waals surface area contributed by atoms with Crippen molar-refractivity contribution in [3.05, 3.63) is 42.0 Å². The number of hydrogen-bond acceptors (Lipinski definition) is 1. The first kappa shape index (κ1) is 9.51. The molecule has 3 heteroatoms. The molecule has 0 saturated carbocycles. The zero-order chi connectivity index (χ0) is 8.65. The van der Waals surface area contributed by atoms with Gasteiger partial charge in [0.1, 0.15) is 0 Å². The number of nitrogens with one attached hydrogen (secondary N) is 1. The van der Waals surface area contributed by atoms with Crippen molar-refractivity contribution in [1.29, 1.82) is 0 Å². The van der Waals surface area contributed by atoms with Crippen molar-refractivity contribution in [3.8, 4) is 0 Å². The molecule has 0 unspecified atom stereocenters. The lowest BCUT2D eigenvalue weighted by Crippen LogP contribution is -2.13. The normalized spacial score (nSPS) is 10.8. The van der Waals surface area contributed by atoms with Crippen LogP contribution in [-0.2, 0) is 0 Å². The predicted octanol–water partition coefficient (Wildman–Crippen LogP) is 2.06. The minimum Gasteiger partial charge on any atom is -0.322 e. The van der Waals surface area contributed by atoms with Gasteiger partial charge in [-0.25, -0.2) is 0 Å². The summed E-state index contributed by atoms with van der Waals surface area (Å²) in [7, 11) is 0.296. The lowest BCUT2D eigenvalue weighted by Gasteiger charge is -1.92. The summed E-state index contributed by atoms with van der Waals surface area (Å²) in [5, 5.41) is 0. The maximum Gasteiger partial charge on any atom is 0.270 e. The minimum atomic E-state index is 0.296. The Morgan fingerprint density at radius 2 is 2.08 bits per heavy atom. The monoisotopic (exact) mass is 195 g/mol. The molecule has 0 saturated heterocycles. The molecule has 1 N–H and O–H groups in total. The Morgan fingerprint density at radius 1 is 1.33 bits per heavy atom. The smallest absolute Gasteiger partial charge is 0.270 e. The lowest BCUT2D eigenvalue weighted by molar-refractivity contribution is 1.11. The fourth-order valence-electron chi connectivity index (χ4n) is 0.857. The van der Waals surface area contributed by atoms with Gasteiger partial charge < -0.3 is 4.98 Å². The second kappa shape index (κ2) is 6.00. The van der Waals surface area contributed by atoms with E-state index in [9.17, 15) is 0 Å². The molecule has 2 radical (unpaired) electrons. The molecular formula is C9H10ClNSi. The lowest BCUT2D eigenvalue weighted by atomic mass is 10.2. The van der Waals surface area contributed by atoms with Crippen LogP contribution < -0.4 is 4.98 Å². The Hall–Kier alpha value is -0.573. The Kier molecular flexibility index (Phi) is 4.76. The molecule has 0 bridgehead atoms. The first-order valence-electron chi connectivity index (χ1n) is 3.73. The fraction of sp³-hybridized carbons (Fsp3) is 0.111. The van der Waals surface area contributed by atoms with Gasteiger partial charge in [0.2, 0.25) is 0 Å². The van der Waals surface area contributed by atoms with Gasteiger partial charge in [-0.1, -0.05) is 42.5 Å². The third kappa shape index (κ3) is 3.71. The number of halogens is 1. The van der Waals surface area contributed by atoms with Crippen molar-refractivity contribution in [3.63, 3.8) is 0 Å². The van der Waals surface area contributed by atoms with Crippen molar-refractivity contribution >= 4 is 26.1 Å². The molecule has 0 aliphatic carbocycles. The van der Waals surface area contributed by atoms with Crippen LogP contribution in [0, 0.1) is 0 Å². The van der Waals surface area contributed by atoms with E-state index in [1.807, 2.05) is 18.2 Å². The van der Waals surface area contributed by atoms with Crippen LogP contribution in [-0.4, -0.2) is 15.5 Å². The molecule has 0 amide bonds. The largest absolute Gasteiger partial charge is 0.322 e. The Balaban J connectivity index is 2.36. The molecule has 1 aromatic rings. The Morgan fingerprint density at radius 3 is 2.75 bits per heavy atom. The van der Waals surface area contributed by atoms with E-state index < -0.39 is 0 Å². The van der Waals surface area contributed by atoms with Gasteiger partial charge in [0.05, 0.1) is 0 Å². The van der Waals surface area contributed by atoms with E-state index in [1.165, 1.54) is 5.56 Å². The van der Waals surface area contributed by atoms with Gasteiger partial charge in [-0.3, -0.25) is 0 Å². The topological polar surface area (TPSA) is 12.0 Å².